The first-order valence-electron chi connectivity index (χ1n) is 4.78. The minimum Gasteiger partial charge on any atom is -0.478 e. The van der Waals surface area contributed by atoms with Crippen molar-refractivity contribution in [2.24, 2.45) is 0 Å². The second kappa shape index (κ2) is 4.18. The summed E-state index contributed by atoms with van der Waals surface area (Å²) in [6.45, 7) is 0.535. The Morgan fingerprint density at radius 1 is 1.25 bits per heavy atom. The fraction of sp³-hybridized carbons (Fsp3) is 0.0833. The van der Waals surface area contributed by atoms with Crippen molar-refractivity contribution >= 4 is 5.97 Å². The van der Waals surface area contributed by atoms with Gasteiger partial charge in [0.15, 0.2) is 0 Å². The van der Waals surface area contributed by atoms with Crippen LogP contribution in [-0.2, 0) is 6.54 Å². The van der Waals surface area contributed by atoms with Crippen LogP contribution >= 0.6 is 0 Å². The molecule has 1 heterocycles. The maximum atomic E-state index is 12.7. The number of rotatable bonds is 3. The summed E-state index contributed by atoms with van der Waals surface area (Å²) in [4.78, 5) is 10.6. The summed E-state index contributed by atoms with van der Waals surface area (Å²) < 4.78 is 14.4. The highest BCUT2D eigenvalue weighted by Crippen LogP contribution is 2.07. The highest BCUT2D eigenvalue weighted by Gasteiger charge is 2.04. The van der Waals surface area contributed by atoms with E-state index in [1.807, 2.05) is 0 Å². The zero-order chi connectivity index (χ0) is 11.5. The molecular formula is C12H10FNO2. The highest BCUT2D eigenvalue weighted by molar-refractivity contribution is 5.87. The van der Waals surface area contributed by atoms with Crippen molar-refractivity contribution in [1.82, 2.24) is 4.57 Å². The number of benzene rings is 1. The van der Waals surface area contributed by atoms with E-state index in [9.17, 15) is 9.18 Å². The first-order chi connectivity index (χ1) is 7.65. The van der Waals surface area contributed by atoms with Crippen LogP contribution in [0.25, 0.3) is 0 Å². The lowest BCUT2D eigenvalue weighted by atomic mass is 10.2. The third kappa shape index (κ3) is 2.28. The standard InChI is InChI=1S/C12H10FNO2/c13-11-3-1-9(2-4-11)7-14-6-5-10(8-14)12(15)16/h1-6,8H,7H2,(H,15,16). The second-order valence-corrected chi connectivity index (χ2v) is 3.50. The van der Waals surface area contributed by atoms with Gasteiger partial charge in [0.2, 0.25) is 0 Å². The first-order valence-corrected chi connectivity index (χ1v) is 4.78. The van der Waals surface area contributed by atoms with Crippen molar-refractivity contribution in [3.63, 3.8) is 0 Å². The van der Waals surface area contributed by atoms with Gasteiger partial charge in [0.1, 0.15) is 5.82 Å². The van der Waals surface area contributed by atoms with E-state index < -0.39 is 5.97 Å². The van der Waals surface area contributed by atoms with E-state index in [0.717, 1.165) is 5.56 Å². The van der Waals surface area contributed by atoms with Crippen molar-refractivity contribution in [2.45, 2.75) is 6.54 Å². The van der Waals surface area contributed by atoms with Gasteiger partial charge in [0.05, 0.1) is 5.56 Å². The number of halogens is 1. The topological polar surface area (TPSA) is 42.2 Å². The van der Waals surface area contributed by atoms with Gasteiger partial charge in [-0.15, -0.1) is 0 Å². The Labute approximate surface area is 91.8 Å². The van der Waals surface area contributed by atoms with Gasteiger partial charge >= 0.3 is 5.97 Å². The molecule has 1 N–H and O–H groups in total. The van der Waals surface area contributed by atoms with Crippen LogP contribution in [0.1, 0.15) is 15.9 Å². The Morgan fingerprint density at radius 2 is 1.94 bits per heavy atom. The minimum absolute atomic E-state index is 0.252. The molecule has 0 radical (unpaired) electrons. The van der Waals surface area contributed by atoms with Crippen molar-refractivity contribution < 1.29 is 14.3 Å². The van der Waals surface area contributed by atoms with Crippen LogP contribution in [0.2, 0.25) is 0 Å². The van der Waals surface area contributed by atoms with Crippen molar-refractivity contribution in [3.05, 3.63) is 59.7 Å². The molecule has 1 aromatic carbocycles. The third-order valence-corrected chi connectivity index (χ3v) is 2.28. The summed E-state index contributed by atoms with van der Waals surface area (Å²) >= 11 is 0. The Morgan fingerprint density at radius 3 is 2.50 bits per heavy atom. The van der Waals surface area contributed by atoms with Gasteiger partial charge < -0.3 is 9.67 Å². The fourth-order valence-corrected chi connectivity index (χ4v) is 1.47. The van der Waals surface area contributed by atoms with Gasteiger partial charge in [-0.2, -0.15) is 0 Å². The van der Waals surface area contributed by atoms with E-state index in [0.29, 0.717) is 6.54 Å². The Kier molecular flexibility index (Phi) is 2.72. The molecule has 0 atom stereocenters. The average molecular weight is 219 g/mol. The maximum absolute atomic E-state index is 12.7. The lowest BCUT2D eigenvalue weighted by Crippen LogP contribution is -1.98. The molecule has 16 heavy (non-hydrogen) atoms. The van der Waals surface area contributed by atoms with Crippen LogP contribution in [0.4, 0.5) is 4.39 Å². The number of aromatic nitrogens is 1. The SMILES string of the molecule is O=C(O)c1ccn(Cc2ccc(F)cc2)c1. The third-order valence-electron chi connectivity index (χ3n) is 2.28. The lowest BCUT2D eigenvalue weighted by molar-refractivity contribution is 0.0697. The predicted octanol–water partition coefficient (Wildman–Crippen LogP) is 2.37. The van der Waals surface area contributed by atoms with Crippen LogP contribution < -0.4 is 0 Å². The van der Waals surface area contributed by atoms with Gasteiger partial charge in [-0.1, -0.05) is 12.1 Å². The van der Waals surface area contributed by atoms with Gasteiger partial charge in [0, 0.05) is 18.9 Å². The molecule has 0 saturated carbocycles. The summed E-state index contributed by atoms with van der Waals surface area (Å²) in [7, 11) is 0. The first kappa shape index (κ1) is 10.4. The molecule has 0 aliphatic heterocycles. The van der Waals surface area contributed by atoms with E-state index in [1.54, 1.807) is 29.1 Å². The number of aromatic carboxylic acids is 1. The largest absolute Gasteiger partial charge is 0.478 e. The molecule has 0 fully saturated rings. The normalized spacial score (nSPS) is 10.3. The highest BCUT2D eigenvalue weighted by atomic mass is 19.1. The van der Waals surface area contributed by atoms with Crippen LogP contribution in [0, 0.1) is 5.82 Å². The average Bonchev–Trinajstić information content (AvgIpc) is 2.70. The quantitative estimate of drug-likeness (QED) is 0.861. The van der Waals surface area contributed by atoms with Crippen molar-refractivity contribution in [3.8, 4) is 0 Å². The molecule has 3 nitrogen and oxygen atoms in total. The van der Waals surface area contributed by atoms with Crippen LogP contribution in [0.15, 0.2) is 42.7 Å². The minimum atomic E-state index is -0.946. The second-order valence-electron chi connectivity index (χ2n) is 3.50. The van der Waals surface area contributed by atoms with Crippen LogP contribution in [-0.4, -0.2) is 15.6 Å². The number of hydrogen-bond donors (Lipinski definition) is 1. The Hall–Kier alpha value is -2.10. The molecule has 0 saturated heterocycles. The Bertz CT molecular complexity index is 502. The summed E-state index contributed by atoms with van der Waals surface area (Å²) in [6, 6.07) is 7.66. The molecule has 0 unspecified atom stereocenters. The molecule has 4 heteroatoms. The zero-order valence-electron chi connectivity index (χ0n) is 8.43. The fourth-order valence-electron chi connectivity index (χ4n) is 1.47. The molecule has 2 aromatic rings. The van der Waals surface area contributed by atoms with Crippen LogP contribution in [0.5, 0.6) is 0 Å². The molecule has 82 valence electrons. The maximum Gasteiger partial charge on any atom is 0.337 e. The van der Waals surface area contributed by atoms with E-state index in [2.05, 4.69) is 0 Å². The van der Waals surface area contributed by atoms with Gasteiger partial charge in [-0.05, 0) is 23.8 Å². The molecule has 1 aromatic heterocycles. The van der Waals surface area contributed by atoms with Crippen molar-refractivity contribution in [2.75, 3.05) is 0 Å². The molecule has 0 bridgehead atoms. The van der Waals surface area contributed by atoms with Gasteiger partial charge in [-0.3, -0.25) is 0 Å². The number of hydrogen-bond acceptors (Lipinski definition) is 1. The van der Waals surface area contributed by atoms with E-state index >= 15 is 0 Å². The summed E-state index contributed by atoms with van der Waals surface area (Å²) in [5, 5.41) is 8.74. The predicted molar refractivity (Wildman–Crippen MR) is 56.9 cm³/mol. The van der Waals surface area contributed by atoms with E-state index in [4.69, 9.17) is 5.11 Å². The number of carboxylic acid groups (broad SMARTS) is 1. The van der Waals surface area contributed by atoms with Gasteiger partial charge in [-0.25, -0.2) is 9.18 Å². The number of nitrogens with zero attached hydrogens (tertiary/aromatic N) is 1. The molecule has 0 aliphatic carbocycles. The molecule has 2 rings (SSSR count). The Balaban J connectivity index is 2.14. The lowest BCUT2D eigenvalue weighted by Gasteiger charge is -2.02. The molecule has 0 aliphatic rings. The van der Waals surface area contributed by atoms with Crippen LogP contribution in [0.3, 0.4) is 0 Å². The van der Waals surface area contributed by atoms with E-state index in [1.165, 1.54) is 18.2 Å². The monoisotopic (exact) mass is 219 g/mol. The summed E-state index contributed by atoms with van der Waals surface area (Å²) in [5.41, 5.74) is 1.18. The smallest absolute Gasteiger partial charge is 0.337 e. The van der Waals surface area contributed by atoms with E-state index in [-0.39, 0.29) is 11.4 Å². The molecular weight excluding hydrogens is 209 g/mol. The summed E-state index contributed by atoms with van der Waals surface area (Å²) in [6.07, 6.45) is 3.23. The zero-order valence-corrected chi connectivity index (χ0v) is 8.43. The summed E-state index contributed by atoms with van der Waals surface area (Å²) in [5.74, 6) is -1.22. The van der Waals surface area contributed by atoms with Crippen molar-refractivity contribution in [1.29, 1.82) is 0 Å². The van der Waals surface area contributed by atoms with Gasteiger partial charge in [0.25, 0.3) is 0 Å². The number of carboxylic acids is 1. The molecule has 0 spiro atoms. The number of carbonyl (C=O) groups is 1. The molecule has 0 amide bonds.